The van der Waals surface area contributed by atoms with Crippen LogP contribution in [0, 0.1) is 6.92 Å². The van der Waals surface area contributed by atoms with Crippen molar-refractivity contribution < 1.29 is 0 Å². The molecule has 0 saturated carbocycles. The summed E-state index contributed by atoms with van der Waals surface area (Å²) in [7, 11) is 0. The van der Waals surface area contributed by atoms with Crippen LogP contribution in [0.3, 0.4) is 0 Å². The zero-order valence-electron chi connectivity index (χ0n) is 12.3. The molecule has 18 heavy (non-hydrogen) atoms. The highest BCUT2D eigenvalue weighted by Gasteiger charge is 2.12. The van der Waals surface area contributed by atoms with Crippen molar-refractivity contribution in [1.29, 1.82) is 0 Å². The molecule has 0 aromatic carbocycles. The standard InChI is InChI=1S/C16H29NS/c1-4-6-7-8-9-10-11-16(17-5-2)15-13-18-12-14(15)3/h12-13,16-17H,4-11H2,1-3H3. The maximum Gasteiger partial charge on any atom is 0.0331 e. The summed E-state index contributed by atoms with van der Waals surface area (Å²) < 4.78 is 0. The Morgan fingerprint density at radius 1 is 1.06 bits per heavy atom. The zero-order chi connectivity index (χ0) is 13.2. The van der Waals surface area contributed by atoms with Gasteiger partial charge in [0.05, 0.1) is 0 Å². The van der Waals surface area contributed by atoms with Gasteiger partial charge in [-0.05, 0) is 41.8 Å². The summed E-state index contributed by atoms with van der Waals surface area (Å²) in [5.41, 5.74) is 2.98. The quantitative estimate of drug-likeness (QED) is 0.555. The van der Waals surface area contributed by atoms with E-state index < -0.39 is 0 Å². The fourth-order valence-corrected chi connectivity index (χ4v) is 3.38. The molecule has 0 aliphatic heterocycles. The van der Waals surface area contributed by atoms with E-state index in [0.717, 1.165) is 6.54 Å². The van der Waals surface area contributed by atoms with Gasteiger partial charge in [-0.1, -0.05) is 52.4 Å². The molecule has 1 aromatic rings. The Balaban J connectivity index is 2.29. The van der Waals surface area contributed by atoms with Gasteiger partial charge >= 0.3 is 0 Å². The molecule has 1 nitrogen and oxygen atoms in total. The molecule has 2 heteroatoms. The van der Waals surface area contributed by atoms with Gasteiger partial charge in [-0.3, -0.25) is 0 Å². The van der Waals surface area contributed by atoms with E-state index in [2.05, 4.69) is 36.8 Å². The molecular weight excluding hydrogens is 238 g/mol. The molecule has 1 N–H and O–H groups in total. The maximum absolute atomic E-state index is 3.63. The normalized spacial score (nSPS) is 12.8. The number of unbranched alkanes of at least 4 members (excludes halogenated alkanes) is 5. The van der Waals surface area contributed by atoms with Crippen molar-refractivity contribution in [3.05, 3.63) is 21.9 Å². The van der Waals surface area contributed by atoms with E-state index >= 15 is 0 Å². The zero-order valence-corrected chi connectivity index (χ0v) is 13.1. The fourth-order valence-electron chi connectivity index (χ4n) is 2.47. The van der Waals surface area contributed by atoms with E-state index in [1.54, 1.807) is 0 Å². The highest BCUT2D eigenvalue weighted by molar-refractivity contribution is 7.08. The van der Waals surface area contributed by atoms with Crippen molar-refractivity contribution in [2.24, 2.45) is 0 Å². The van der Waals surface area contributed by atoms with Gasteiger partial charge in [0, 0.05) is 6.04 Å². The van der Waals surface area contributed by atoms with E-state index in [9.17, 15) is 0 Å². The van der Waals surface area contributed by atoms with E-state index in [1.807, 2.05) is 11.3 Å². The smallest absolute Gasteiger partial charge is 0.0331 e. The molecule has 104 valence electrons. The molecule has 1 aromatic heterocycles. The summed E-state index contributed by atoms with van der Waals surface area (Å²) in [5.74, 6) is 0. The Bertz CT molecular complexity index is 306. The van der Waals surface area contributed by atoms with Gasteiger partial charge in [0.1, 0.15) is 0 Å². The molecule has 0 amide bonds. The summed E-state index contributed by atoms with van der Waals surface area (Å²) >= 11 is 1.83. The van der Waals surface area contributed by atoms with Crippen LogP contribution in [-0.2, 0) is 0 Å². The Morgan fingerprint density at radius 2 is 1.78 bits per heavy atom. The third-order valence-electron chi connectivity index (χ3n) is 3.57. The molecule has 0 spiro atoms. The summed E-state index contributed by atoms with van der Waals surface area (Å²) in [4.78, 5) is 0. The van der Waals surface area contributed by atoms with Gasteiger partial charge in [-0.2, -0.15) is 11.3 Å². The molecule has 1 atom stereocenters. The molecule has 0 saturated heterocycles. The van der Waals surface area contributed by atoms with Gasteiger partial charge in [-0.15, -0.1) is 0 Å². The van der Waals surface area contributed by atoms with Crippen molar-refractivity contribution in [2.75, 3.05) is 6.54 Å². The minimum Gasteiger partial charge on any atom is -0.310 e. The van der Waals surface area contributed by atoms with Crippen LogP contribution in [0.5, 0.6) is 0 Å². The molecular formula is C16H29NS. The lowest BCUT2D eigenvalue weighted by Crippen LogP contribution is -2.21. The predicted octanol–water partition coefficient (Wildman–Crippen LogP) is 5.46. The number of rotatable bonds is 10. The van der Waals surface area contributed by atoms with Crippen LogP contribution in [0.2, 0.25) is 0 Å². The number of nitrogens with one attached hydrogen (secondary N) is 1. The molecule has 0 radical (unpaired) electrons. The average Bonchev–Trinajstić information content (AvgIpc) is 2.78. The van der Waals surface area contributed by atoms with Crippen LogP contribution in [0.25, 0.3) is 0 Å². The summed E-state index contributed by atoms with van der Waals surface area (Å²) in [6.45, 7) is 7.78. The lowest BCUT2D eigenvalue weighted by molar-refractivity contribution is 0.476. The minimum absolute atomic E-state index is 0.576. The Morgan fingerprint density at radius 3 is 2.39 bits per heavy atom. The number of aryl methyl sites for hydroxylation is 1. The summed E-state index contributed by atoms with van der Waals surface area (Å²) in [5, 5.41) is 8.22. The summed E-state index contributed by atoms with van der Waals surface area (Å²) in [6.07, 6.45) is 9.61. The van der Waals surface area contributed by atoms with E-state index in [1.165, 1.54) is 56.1 Å². The topological polar surface area (TPSA) is 12.0 Å². The number of hydrogen-bond acceptors (Lipinski definition) is 2. The Hall–Kier alpha value is -0.340. The molecule has 0 aliphatic rings. The lowest BCUT2D eigenvalue weighted by Gasteiger charge is -2.18. The van der Waals surface area contributed by atoms with E-state index in [-0.39, 0.29) is 0 Å². The van der Waals surface area contributed by atoms with Crippen LogP contribution in [0.1, 0.15) is 76.0 Å². The first-order valence-electron chi connectivity index (χ1n) is 7.55. The Labute approximate surface area is 117 Å². The van der Waals surface area contributed by atoms with Crippen molar-refractivity contribution in [1.82, 2.24) is 5.32 Å². The van der Waals surface area contributed by atoms with Crippen LogP contribution >= 0.6 is 11.3 Å². The highest BCUT2D eigenvalue weighted by Crippen LogP contribution is 2.26. The molecule has 1 rings (SSSR count). The van der Waals surface area contributed by atoms with E-state index in [0.29, 0.717) is 6.04 Å². The van der Waals surface area contributed by atoms with Gasteiger partial charge in [0.2, 0.25) is 0 Å². The van der Waals surface area contributed by atoms with Gasteiger partial charge in [-0.25, -0.2) is 0 Å². The van der Waals surface area contributed by atoms with Gasteiger partial charge in [0.25, 0.3) is 0 Å². The summed E-state index contributed by atoms with van der Waals surface area (Å²) in [6, 6.07) is 0.576. The molecule has 0 bridgehead atoms. The second-order valence-electron chi connectivity index (χ2n) is 5.18. The van der Waals surface area contributed by atoms with Crippen molar-refractivity contribution in [3.63, 3.8) is 0 Å². The first-order chi connectivity index (χ1) is 8.79. The van der Waals surface area contributed by atoms with Crippen LogP contribution in [-0.4, -0.2) is 6.54 Å². The largest absolute Gasteiger partial charge is 0.310 e. The van der Waals surface area contributed by atoms with Gasteiger partial charge in [0.15, 0.2) is 0 Å². The average molecular weight is 267 g/mol. The van der Waals surface area contributed by atoms with Crippen LogP contribution in [0.15, 0.2) is 10.8 Å². The third kappa shape index (κ3) is 5.53. The van der Waals surface area contributed by atoms with Gasteiger partial charge < -0.3 is 5.32 Å². The van der Waals surface area contributed by atoms with Crippen molar-refractivity contribution in [3.8, 4) is 0 Å². The second-order valence-corrected chi connectivity index (χ2v) is 5.92. The first kappa shape index (κ1) is 15.7. The second kappa shape index (κ2) is 9.57. The third-order valence-corrected chi connectivity index (χ3v) is 4.45. The number of thiophene rings is 1. The molecule has 0 aliphatic carbocycles. The monoisotopic (exact) mass is 267 g/mol. The van der Waals surface area contributed by atoms with Crippen LogP contribution in [0.4, 0.5) is 0 Å². The maximum atomic E-state index is 3.63. The molecule has 0 fully saturated rings. The number of hydrogen-bond donors (Lipinski definition) is 1. The van der Waals surface area contributed by atoms with Crippen molar-refractivity contribution in [2.45, 2.75) is 71.8 Å². The fraction of sp³-hybridized carbons (Fsp3) is 0.750. The van der Waals surface area contributed by atoms with E-state index in [4.69, 9.17) is 0 Å². The predicted molar refractivity (Wildman–Crippen MR) is 83.5 cm³/mol. The van der Waals surface area contributed by atoms with Crippen molar-refractivity contribution >= 4 is 11.3 Å². The SMILES string of the molecule is CCCCCCCCC(NCC)c1cscc1C. The minimum atomic E-state index is 0.576. The molecule has 1 heterocycles. The first-order valence-corrected chi connectivity index (χ1v) is 8.49. The lowest BCUT2D eigenvalue weighted by atomic mass is 9.99. The highest BCUT2D eigenvalue weighted by atomic mass is 32.1. The Kier molecular flexibility index (Phi) is 8.36. The molecule has 1 unspecified atom stereocenters. The van der Waals surface area contributed by atoms with Crippen LogP contribution < -0.4 is 5.32 Å².